The molecular weight excluding hydrogens is 238 g/mol. The summed E-state index contributed by atoms with van der Waals surface area (Å²) >= 11 is 0. The number of aromatic hydroxyl groups is 2. The van der Waals surface area contributed by atoms with Gasteiger partial charge in [-0.05, 0) is 31.0 Å². The molecule has 0 fully saturated rings. The van der Waals surface area contributed by atoms with E-state index in [2.05, 4.69) is 4.99 Å². The molecule has 0 aliphatic carbocycles. The zero-order chi connectivity index (χ0) is 13.8. The summed E-state index contributed by atoms with van der Waals surface area (Å²) in [5.74, 6) is 0.535. The maximum Gasteiger partial charge on any atom is 0.127 e. The van der Waals surface area contributed by atoms with Crippen LogP contribution in [-0.2, 0) is 6.54 Å². The van der Waals surface area contributed by atoms with E-state index in [1.165, 1.54) is 0 Å². The third kappa shape index (κ3) is 2.94. The first kappa shape index (κ1) is 13.1. The van der Waals surface area contributed by atoms with Crippen LogP contribution in [-0.4, -0.2) is 16.4 Å². The topological polar surface area (TPSA) is 52.8 Å². The van der Waals surface area contributed by atoms with Gasteiger partial charge in [-0.3, -0.25) is 4.99 Å². The summed E-state index contributed by atoms with van der Waals surface area (Å²) in [5.41, 5.74) is 3.13. The lowest BCUT2D eigenvalue weighted by Crippen LogP contribution is -1.89. The van der Waals surface area contributed by atoms with Crippen molar-refractivity contribution in [2.24, 2.45) is 4.99 Å². The van der Waals surface area contributed by atoms with E-state index in [0.717, 1.165) is 16.7 Å². The standard InChI is InChI=1S/C16H17NO2/c1-11-5-3-7-13(15(11)18)9-17-10-14-8-4-6-12(2)16(14)19/h3-9,18-19H,10H2,1-2H3. The van der Waals surface area contributed by atoms with Crippen LogP contribution in [0.1, 0.15) is 22.3 Å². The molecule has 0 radical (unpaired) electrons. The number of phenolic OH excluding ortho intramolecular Hbond substituents is 2. The Morgan fingerprint density at radius 2 is 1.58 bits per heavy atom. The van der Waals surface area contributed by atoms with Crippen LogP contribution in [0.5, 0.6) is 11.5 Å². The fourth-order valence-corrected chi connectivity index (χ4v) is 1.88. The smallest absolute Gasteiger partial charge is 0.127 e. The quantitative estimate of drug-likeness (QED) is 0.826. The van der Waals surface area contributed by atoms with Gasteiger partial charge in [0.05, 0.1) is 6.54 Å². The Balaban J connectivity index is 2.16. The molecule has 0 spiro atoms. The highest BCUT2D eigenvalue weighted by molar-refractivity contribution is 5.84. The molecule has 3 heteroatoms. The second-order valence-corrected chi connectivity index (χ2v) is 4.57. The first-order valence-electron chi connectivity index (χ1n) is 6.15. The van der Waals surface area contributed by atoms with Crippen molar-refractivity contribution in [2.75, 3.05) is 0 Å². The highest BCUT2D eigenvalue weighted by Crippen LogP contribution is 2.23. The summed E-state index contributed by atoms with van der Waals surface area (Å²) in [6, 6.07) is 11.1. The molecule has 2 aromatic carbocycles. The Morgan fingerprint density at radius 3 is 2.32 bits per heavy atom. The third-order valence-electron chi connectivity index (χ3n) is 3.08. The lowest BCUT2D eigenvalue weighted by molar-refractivity contribution is 0.464. The van der Waals surface area contributed by atoms with E-state index in [9.17, 15) is 10.2 Å². The highest BCUT2D eigenvalue weighted by Gasteiger charge is 2.03. The van der Waals surface area contributed by atoms with Gasteiger partial charge in [0.2, 0.25) is 0 Å². The normalized spacial score (nSPS) is 11.1. The molecule has 0 atom stereocenters. The molecule has 0 unspecified atom stereocenters. The maximum atomic E-state index is 9.87. The Labute approximate surface area is 112 Å². The van der Waals surface area contributed by atoms with Gasteiger partial charge in [-0.2, -0.15) is 0 Å². The number of aryl methyl sites for hydroxylation is 2. The fraction of sp³-hybridized carbons (Fsp3) is 0.188. The molecule has 0 aromatic heterocycles. The van der Waals surface area contributed by atoms with Crippen LogP contribution in [0.15, 0.2) is 41.4 Å². The van der Waals surface area contributed by atoms with E-state index in [-0.39, 0.29) is 11.5 Å². The average molecular weight is 255 g/mol. The molecule has 2 aromatic rings. The van der Waals surface area contributed by atoms with Crippen molar-refractivity contribution in [3.63, 3.8) is 0 Å². The van der Waals surface area contributed by atoms with E-state index >= 15 is 0 Å². The highest BCUT2D eigenvalue weighted by atomic mass is 16.3. The van der Waals surface area contributed by atoms with Crippen LogP contribution < -0.4 is 0 Å². The van der Waals surface area contributed by atoms with Crippen molar-refractivity contribution in [1.82, 2.24) is 0 Å². The number of phenols is 2. The van der Waals surface area contributed by atoms with E-state index in [4.69, 9.17) is 0 Å². The van der Waals surface area contributed by atoms with E-state index < -0.39 is 0 Å². The van der Waals surface area contributed by atoms with E-state index in [1.54, 1.807) is 6.21 Å². The molecule has 19 heavy (non-hydrogen) atoms. The van der Waals surface area contributed by atoms with E-state index in [0.29, 0.717) is 12.1 Å². The second-order valence-electron chi connectivity index (χ2n) is 4.57. The summed E-state index contributed by atoms with van der Waals surface area (Å²) in [6.07, 6.45) is 1.63. The van der Waals surface area contributed by atoms with Crippen LogP contribution >= 0.6 is 0 Å². The Bertz CT molecular complexity index is 618. The second kappa shape index (κ2) is 5.57. The number of para-hydroxylation sites is 2. The first-order valence-corrected chi connectivity index (χ1v) is 6.15. The maximum absolute atomic E-state index is 9.87. The van der Waals surface area contributed by atoms with Gasteiger partial charge in [-0.15, -0.1) is 0 Å². The van der Waals surface area contributed by atoms with Gasteiger partial charge >= 0.3 is 0 Å². The molecule has 0 amide bonds. The number of rotatable bonds is 3. The number of hydrogen-bond donors (Lipinski definition) is 2. The number of aliphatic imine (C=N–C) groups is 1. The van der Waals surface area contributed by atoms with Gasteiger partial charge in [0.25, 0.3) is 0 Å². The molecule has 98 valence electrons. The predicted octanol–water partition coefficient (Wildman–Crippen LogP) is 3.33. The van der Waals surface area contributed by atoms with Crippen LogP contribution in [0.3, 0.4) is 0 Å². The predicted molar refractivity (Wildman–Crippen MR) is 77.0 cm³/mol. The van der Waals surface area contributed by atoms with Gasteiger partial charge < -0.3 is 10.2 Å². The zero-order valence-electron chi connectivity index (χ0n) is 11.1. The van der Waals surface area contributed by atoms with Crippen molar-refractivity contribution in [3.8, 4) is 11.5 Å². The molecule has 0 heterocycles. The number of nitrogens with zero attached hydrogens (tertiary/aromatic N) is 1. The van der Waals surface area contributed by atoms with E-state index in [1.807, 2.05) is 50.2 Å². The Hall–Kier alpha value is -2.29. The fourth-order valence-electron chi connectivity index (χ4n) is 1.88. The summed E-state index contributed by atoms with van der Waals surface area (Å²) in [6.45, 7) is 4.09. The van der Waals surface area contributed by atoms with Crippen LogP contribution in [0, 0.1) is 13.8 Å². The summed E-state index contributed by atoms with van der Waals surface area (Å²) in [7, 11) is 0. The first-order chi connectivity index (χ1) is 9.09. The minimum atomic E-state index is 0.250. The van der Waals surface area contributed by atoms with Crippen LogP contribution in [0.4, 0.5) is 0 Å². The molecule has 0 aliphatic rings. The molecule has 0 saturated heterocycles. The third-order valence-corrected chi connectivity index (χ3v) is 3.08. The summed E-state index contributed by atoms with van der Waals surface area (Å²) in [4.78, 5) is 4.27. The van der Waals surface area contributed by atoms with Gasteiger partial charge in [0, 0.05) is 17.3 Å². The Morgan fingerprint density at radius 1 is 0.947 bits per heavy atom. The SMILES string of the molecule is Cc1cccc(C=NCc2cccc(C)c2O)c1O. The minimum absolute atomic E-state index is 0.250. The van der Waals surface area contributed by atoms with Crippen LogP contribution in [0.25, 0.3) is 0 Å². The summed E-state index contributed by atoms with van der Waals surface area (Å²) < 4.78 is 0. The molecule has 0 bridgehead atoms. The molecule has 0 aliphatic heterocycles. The van der Waals surface area contributed by atoms with Gasteiger partial charge in [-0.1, -0.05) is 30.3 Å². The van der Waals surface area contributed by atoms with Crippen molar-refractivity contribution >= 4 is 6.21 Å². The lowest BCUT2D eigenvalue weighted by Gasteiger charge is -2.04. The minimum Gasteiger partial charge on any atom is -0.507 e. The van der Waals surface area contributed by atoms with Gasteiger partial charge in [-0.25, -0.2) is 0 Å². The van der Waals surface area contributed by atoms with Crippen molar-refractivity contribution in [2.45, 2.75) is 20.4 Å². The van der Waals surface area contributed by atoms with Crippen molar-refractivity contribution < 1.29 is 10.2 Å². The van der Waals surface area contributed by atoms with Crippen molar-refractivity contribution in [1.29, 1.82) is 0 Å². The molecule has 2 N–H and O–H groups in total. The summed E-state index contributed by atoms with van der Waals surface area (Å²) in [5, 5.41) is 19.7. The Kier molecular flexibility index (Phi) is 3.85. The number of benzene rings is 2. The zero-order valence-corrected chi connectivity index (χ0v) is 11.1. The molecule has 0 saturated carbocycles. The average Bonchev–Trinajstić information content (AvgIpc) is 2.39. The monoisotopic (exact) mass is 255 g/mol. The molecule has 3 nitrogen and oxygen atoms in total. The van der Waals surface area contributed by atoms with Crippen LogP contribution in [0.2, 0.25) is 0 Å². The molecule has 2 rings (SSSR count). The lowest BCUT2D eigenvalue weighted by atomic mass is 10.1. The van der Waals surface area contributed by atoms with Crippen molar-refractivity contribution in [3.05, 3.63) is 58.7 Å². The largest absolute Gasteiger partial charge is 0.507 e. The van der Waals surface area contributed by atoms with Gasteiger partial charge in [0.1, 0.15) is 11.5 Å². The van der Waals surface area contributed by atoms with Gasteiger partial charge in [0.15, 0.2) is 0 Å². The molecular formula is C16H17NO2. The number of hydrogen-bond acceptors (Lipinski definition) is 3.